The van der Waals surface area contributed by atoms with Crippen LogP contribution in [0.4, 0.5) is 9.59 Å². The van der Waals surface area contributed by atoms with Crippen molar-refractivity contribution in [2.24, 2.45) is 0 Å². The van der Waals surface area contributed by atoms with Crippen molar-refractivity contribution in [3.8, 4) is 0 Å². The van der Waals surface area contributed by atoms with Gasteiger partial charge in [-0.15, -0.1) is 0 Å². The van der Waals surface area contributed by atoms with Gasteiger partial charge in [-0.2, -0.15) is 8.42 Å². The average molecular weight is 467 g/mol. The van der Waals surface area contributed by atoms with Gasteiger partial charge in [-0.3, -0.25) is 9.08 Å². The van der Waals surface area contributed by atoms with Gasteiger partial charge < -0.3 is 19.1 Å². The predicted octanol–water partition coefficient (Wildman–Crippen LogP) is 2.96. The Hall–Kier alpha value is -1.59. The fraction of sp³-hybridized carbons (Fsp3) is 0.900. The lowest BCUT2D eigenvalue weighted by Crippen LogP contribution is -2.40. The van der Waals surface area contributed by atoms with Gasteiger partial charge in [-0.1, -0.05) is 0 Å². The SMILES string of the molecule is CN(COCCC[C@H]1C[C@@H](OS(C)(=O)=O)CN1C(=O)OC(C)(C)C)C(=O)OC(C)(C)C. The summed E-state index contributed by atoms with van der Waals surface area (Å²) < 4.78 is 44.3. The van der Waals surface area contributed by atoms with E-state index >= 15 is 0 Å². The van der Waals surface area contributed by atoms with Gasteiger partial charge >= 0.3 is 12.2 Å². The van der Waals surface area contributed by atoms with E-state index in [-0.39, 0.29) is 19.3 Å². The van der Waals surface area contributed by atoms with Crippen LogP contribution in [0, 0.1) is 0 Å². The van der Waals surface area contributed by atoms with Gasteiger partial charge in [-0.05, 0) is 60.8 Å². The van der Waals surface area contributed by atoms with Crippen molar-refractivity contribution in [3.05, 3.63) is 0 Å². The lowest BCUT2D eigenvalue weighted by Gasteiger charge is -2.28. The number of carbonyl (C=O) groups excluding carboxylic acids is 2. The van der Waals surface area contributed by atoms with Crippen molar-refractivity contribution in [2.75, 3.05) is 33.2 Å². The molecule has 10 nitrogen and oxygen atoms in total. The largest absolute Gasteiger partial charge is 0.444 e. The summed E-state index contributed by atoms with van der Waals surface area (Å²) in [5.41, 5.74) is -1.24. The first kappa shape index (κ1) is 27.4. The molecule has 182 valence electrons. The molecule has 2 amide bonds. The maximum absolute atomic E-state index is 12.6. The molecule has 1 saturated heterocycles. The lowest BCUT2D eigenvalue weighted by molar-refractivity contribution is -0.00700. The number of ether oxygens (including phenoxy) is 3. The molecule has 1 aliphatic heterocycles. The van der Waals surface area contributed by atoms with Gasteiger partial charge in [0.2, 0.25) is 0 Å². The highest BCUT2D eigenvalue weighted by atomic mass is 32.2. The first-order chi connectivity index (χ1) is 14.0. The maximum Gasteiger partial charge on any atom is 0.411 e. The molecule has 0 saturated carbocycles. The van der Waals surface area contributed by atoms with Gasteiger partial charge in [0, 0.05) is 19.7 Å². The van der Waals surface area contributed by atoms with Gasteiger partial charge in [-0.25, -0.2) is 9.59 Å². The van der Waals surface area contributed by atoms with Crippen LogP contribution in [0.5, 0.6) is 0 Å². The topological polar surface area (TPSA) is 112 Å². The lowest BCUT2D eigenvalue weighted by atomic mass is 10.1. The molecule has 1 heterocycles. The zero-order valence-electron chi connectivity index (χ0n) is 20.0. The van der Waals surface area contributed by atoms with E-state index in [1.54, 1.807) is 48.6 Å². The summed E-state index contributed by atoms with van der Waals surface area (Å²) in [6, 6.07) is -0.228. The third kappa shape index (κ3) is 11.6. The number of hydrogen-bond donors (Lipinski definition) is 0. The number of carbonyl (C=O) groups is 2. The Kier molecular flexibility index (Phi) is 9.58. The van der Waals surface area contributed by atoms with Crippen LogP contribution in [0.1, 0.15) is 60.8 Å². The van der Waals surface area contributed by atoms with Gasteiger partial charge in [0.05, 0.1) is 18.9 Å². The molecule has 0 aliphatic carbocycles. The molecule has 0 N–H and O–H groups in total. The van der Waals surface area contributed by atoms with Crippen molar-refractivity contribution < 1.29 is 36.4 Å². The van der Waals surface area contributed by atoms with Crippen molar-refractivity contribution in [2.45, 2.75) is 84.2 Å². The third-order valence-corrected chi connectivity index (χ3v) is 4.75. The van der Waals surface area contributed by atoms with Crippen LogP contribution >= 0.6 is 0 Å². The van der Waals surface area contributed by atoms with Crippen LogP contribution in [0.3, 0.4) is 0 Å². The first-order valence-electron chi connectivity index (χ1n) is 10.4. The molecule has 0 radical (unpaired) electrons. The molecule has 11 heteroatoms. The number of nitrogens with zero attached hydrogens (tertiary/aromatic N) is 2. The number of rotatable bonds is 8. The third-order valence-electron chi connectivity index (χ3n) is 4.13. The number of likely N-dealkylation sites (tertiary alicyclic amines) is 1. The van der Waals surface area contributed by atoms with Gasteiger partial charge in [0.25, 0.3) is 10.1 Å². The summed E-state index contributed by atoms with van der Waals surface area (Å²) >= 11 is 0. The molecule has 31 heavy (non-hydrogen) atoms. The van der Waals surface area contributed by atoms with Crippen LogP contribution in [0.25, 0.3) is 0 Å². The van der Waals surface area contributed by atoms with Crippen LogP contribution in [-0.2, 0) is 28.5 Å². The Bertz CT molecular complexity index is 712. The van der Waals surface area contributed by atoms with Crippen molar-refractivity contribution in [3.63, 3.8) is 0 Å². The molecule has 0 aromatic rings. The van der Waals surface area contributed by atoms with Crippen LogP contribution in [0.15, 0.2) is 0 Å². The minimum absolute atomic E-state index is 0.0785. The predicted molar refractivity (Wildman–Crippen MR) is 115 cm³/mol. The van der Waals surface area contributed by atoms with E-state index in [4.69, 9.17) is 18.4 Å². The first-order valence-corrected chi connectivity index (χ1v) is 12.2. The summed E-state index contributed by atoms with van der Waals surface area (Å²) in [7, 11) is -2.04. The average Bonchev–Trinajstić information content (AvgIpc) is 2.91. The highest BCUT2D eigenvalue weighted by Crippen LogP contribution is 2.27. The molecule has 0 unspecified atom stereocenters. The fourth-order valence-electron chi connectivity index (χ4n) is 3.02. The van der Waals surface area contributed by atoms with E-state index in [0.29, 0.717) is 25.9 Å². The zero-order chi connectivity index (χ0) is 24.0. The Balaban J connectivity index is 2.54. The summed E-state index contributed by atoms with van der Waals surface area (Å²) in [6.07, 6.45) is 1.00. The standard InChI is InChI=1S/C20H38N2O8S/c1-19(2,3)28-17(23)21(7)14-27-11-9-10-15-12-16(30-31(8,25)26)13-22(15)18(24)29-20(4,5)6/h15-16H,9-14H2,1-8H3/t15-,16+/m0/s1. The second kappa shape index (κ2) is 10.8. The minimum Gasteiger partial charge on any atom is -0.444 e. The van der Waals surface area contributed by atoms with E-state index in [9.17, 15) is 18.0 Å². The smallest absolute Gasteiger partial charge is 0.411 e. The van der Waals surface area contributed by atoms with E-state index in [2.05, 4.69) is 0 Å². The molecule has 0 bridgehead atoms. The second-order valence-corrected chi connectivity index (χ2v) is 11.4. The van der Waals surface area contributed by atoms with Crippen molar-refractivity contribution in [1.29, 1.82) is 0 Å². The molecular weight excluding hydrogens is 428 g/mol. The van der Waals surface area contributed by atoms with Gasteiger partial charge in [0.1, 0.15) is 17.9 Å². The Morgan fingerprint density at radius 1 is 1.06 bits per heavy atom. The molecule has 0 spiro atoms. The van der Waals surface area contributed by atoms with Crippen molar-refractivity contribution >= 4 is 22.3 Å². The quantitative estimate of drug-likeness (QED) is 0.305. The highest BCUT2D eigenvalue weighted by Gasteiger charge is 2.39. The second-order valence-electron chi connectivity index (χ2n) is 9.80. The molecule has 1 aliphatic rings. The van der Waals surface area contributed by atoms with Crippen molar-refractivity contribution in [1.82, 2.24) is 9.80 Å². The van der Waals surface area contributed by atoms with Gasteiger partial charge in [0.15, 0.2) is 0 Å². The highest BCUT2D eigenvalue weighted by molar-refractivity contribution is 7.86. The van der Waals surface area contributed by atoms with E-state index < -0.39 is 39.6 Å². The Morgan fingerprint density at radius 2 is 1.65 bits per heavy atom. The molecule has 1 fully saturated rings. The molecule has 0 aromatic heterocycles. The monoisotopic (exact) mass is 466 g/mol. The Labute approximate surface area is 186 Å². The molecular formula is C20H38N2O8S. The Morgan fingerprint density at radius 3 is 2.16 bits per heavy atom. The van der Waals surface area contributed by atoms with Crippen LogP contribution in [0.2, 0.25) is 0 Å². The normalized spacial score (nSPS) is 19.9. The summed E-state index contributed by atoms with van der Waals surface area (Å²) in [4.78, 5) is 27.3. The molecule has 1 rings (SSSR count). The number of hydrogen-bond acceptors (Lipinski definition) is 8. The maximum atomic E-state index is 12.6. The van der Waals surface area contributed by atoms with E-state index in [0.717, 1.165) is 6.26 Å². The zero-order valence-corrected chi connectivity index (χ0v) is 20.8. The van der Waals surface area contributed by atoms with E-state index in [1.165, 1.54) is 9.80 Å². The minimum atomic E-state index is -3.63. The fourth-order valence-corrected chi connectivity index (χ4v) is 3.66. The molecule has 2 atom stereocenters. The summed E-state index contributed by atoms with van der Waals surface area (Å²) in [6.45, 7) is 11.3. The van der Waals surface area contributed by atoms with E-state index in [1.807, 2.05) is 0 Å². The summed E-state index contributed by atoms with van der Waals surface area (Å²) in [5, 5.41) is 0. The van der Waals surface area contributed by atoms with Crippen LogP contribution in [-0.4, -0.2) is 86.9 Å². The van der Waals surface area contributed by atoms with Crippen LogP contribution < -0.4 is 0 Å². The summed E-state index contributed by atoms with van der Waals surface area (Å²) in [5.74, 6) is 0. The number of amides is 2. The molecule has 0 aromatic carbocycles.